The summed E-state index contributed by atoms with van der Waals surface area (Å²) in [6.45, 7) is 4.86. The predicted octanol–water partition coefficient (Wildman–Crippen LogP) is 4.55. The third kappa shape index (κ3) is 5.50. The summed E-state index contributed by atoms with van der Waals surface area (Å²) in [5, 5.41) is 7.21. The van der Waals surface area contributed by atoms with E-state index in [1.54, 1.807) is 19.6 Å². The highest BCUT2D eigenvalue weighted by atomic mass is 16.5. The van der Waals surface area contributed by atoms with E-state index in [9.17, 15) is 0 Å². The van der Waals surface area contributed by atoms with Gasteiger partial charge < -0.3 is 9.47 Å². The molecule has 28 heavy (non-hydrogen) atoms. The molecule has 2 aromatic rings. The van der Waals surface area contributed by atoms with Crippen molar-refractivity contribution in [1.82, 2.24) is 14.6 Å². The van der Waals surface area contributed by atoms with Crippen molar-refractivity contribution in [2.75, 3.05) is 26.8 Å². The Kier molecular flexibility index (Phi) is 7.76. The number of hydrogen-bond acceptors (Lipinski definition) is 5. The van der Waals surface area contributed by atoms with Crippen molar-refractivity contribution in [3.05, 3.63) is 42.5 Å². The molecule has 0 bridgehead atoms. The molecule has 0 radical (unpaired) electrons. The molecular formula is C22H32N4O2. The fraction of sp³-hybridized carbons (Fsp3) is 0.545. The first-order valence-corrected chi connectivity index (χ1v) is 10.4. The quantitative estimate of drug-likeness (QED) is 0.381. The first-order valence-electron chi connectivity index (χ1n) is 10.4. The Hall–Kier alpha value is -2.50. The summed E-state index contributed by atoms with van der Waals surface area (Å²) >= 11 is 0. The fourth-order valence-electron chi connectivity index (χ4n) is 3.39. The van der Waals surface area contributed by atoms with E-state index in [0.717, 1.165) is 42.4 Å². The Bertz CT molecular complexity index is 735. The molecule has 1 aromatic heterocycles. The van der Waals surface area contributed by atoms with Gasteiger partial charge in [0.05, 0.1) is 19.3 Å². The van der Waals surface area contributed by atoms with E-state index in [-0.39, 0.29) is 0 Å². The maximum atomic E-state index is 6.14. The largest absolute Gasteiger partial charge is 0.497 e. The fourth-order valence-corrected chi connectivity index (χ4v) is 3.39. The van der Waals surface area contributed by atoms with Crippen molar-refractivity contribution in [2.45, 2.75) is 51.9 Å². The molecular weight excluding hydrogens is 352 g/mol. The van der Waals surface area contributed by atoms with Crippen molar-refractivity contribution in [2.24, 2.45) is 5.10 Å². The lowest BCUT2D eigenvalue weighted by Crippen LogP contribution is -2.24. The maximum Gasteiger partial charge on any atom is 0.169 e. The van der Waals surface area contributed by atoms with E-state index in [0.29, 0.717) is 6.61 Å². The Labute approximate surface area is 168 Å². The van der Waals surface area contributed by atoms with Gasteiger partial charge in [-0.25, -0.2) is 4.98 Å². The van der Waals surface area contributed by atoms with Crippen LogP contribution in [0.3, 0.4) is 0 Å². The molecule has 0 unspecified atom stereocenters. The highest BCUT2D eigenvalue weighted by molar-refractivity contribution is 6.02. The SMILES string of the molecule is CCCCCOc1ccc(OC)cc1C(=NN1CCCCCC1)n1ccnc1. The molecule has 1 fully saturated rings. The van der Waals surface area contributed by atoms with E-state index >= 15 is 0 Å². The highest BCUT2D eigenvalue weighted by Crippen LogP contribution is 2.26. The van der Waals surface area contributed by atoms with E-state index in [1.165, 1.54) is 38.5 Å². The summed E-state index contributed by atoms with van der Waals surface area (Å²) in [6, 6.07) is 5.93. The summed E-state index contributed by atoms with van der Waals surface area (Å²) < 4.78 is 13.6. The van der Waals surface area contributed by atoms with Crippen LogP contribution in [-0.4, -0.2) is 47.2 Å². The van der Waals surface area contributed by atoms with Gasteiger partial charge in [0, 0.05) is 25.5 Å². The Morgan fingerprint density at radius 2 is 1.96 bits per heavy atom. The highest BCUT2D eigenvalue weighted by Gasteiger charge is 2.17. The van der Waals surface area contributed by atoms with Gasteiger partial charge in [-0.3, -0.25) is 9.58 Å². The molecule has 1 saturated heterocycles. The number of benzene rings is 1. The zero-order valence-corrected chi connectivity index (χ0v) is 17.1. The molecule has 0 spiro atoms. The second-order valence-corrected chi connectivity index (χ2v) is 7.18. The molecule has 1 aromatic carbocycles. The second kappa shape index (κ2) is 10.7. The zero-order valence-electron chi connectivity index (χ0n) is 17.1. The summed E-state index contributed by atoms with van der Waals surface area (Å²) in [5.41, 5.74) is 0.929. The van der Waals surface area contributed by atoms with E-state index in [1.807, 2.05) is 29.0 Å². The van der Waals surface area contributed by atoms with Crippen molar-refractivity contribution < 1.29 is 9.47 Å². The smallest absolute Gasteiger partial charge is 0.169 e. The number of rotatable bonds is 8. The Morgan fingerprint density at radius 1 is 1.14 bits per heavy atom. The lowest BCUT2D eigenvalue weighted by molar-refractivity contribution is 0.297. The van der Waals surface area contributed by atoms with Crippen LogP contribution in [0.4, 0.5) is 0 Å². The summed E-state index contributed by atoms with van der Waals surface area (Å²) in [6.07, 6.45) is 13.8. The summed E-state index contributed by atoms with van der Waals surface area (Å²) in [7, 11) is 1.68. The van der Waals surface area contributed by atoms with Gasteiger partial charge in [0.25, 0.3) is 0 Å². The molecule has 0 atom stereocenters. The third-order valence-electron chi connectivity index (χ3n) is 5.00. The van der Waals surface area contributed by atoms with Crippen molar-refractivity contribution in [1.29, 1.82) is 0 Å². The predicted molar refractivity (Wildman–Crippen MR) is 112 cm³/mol. The first kappa shape index (κ1) is 20.2. The van der Waals surface area contributed by atoms with Crippen LogP contribution in [-0.2, 0) is 0 Å². The van der Waals surface area contributed by atoms with E-state index in [2.05, 4.69) is 16.9 Å². The number of unbranched alkanes of at least 4 members (excludes halogenated alkanes) is 2. The van der Waals surface area contributed by atoms with Crippen molar-refractivity contribution in [3.63, 3.8) is 0 Å². The molecule has 6 nitrogen and oxygen atoms in total. The second-order valence-electron chi connectivity index (χ2n) is 7.18. The van der Waals surface area contributed by atoms with Crippen LogP contribution in [0.1, 0.15) is 57.4 Å². The number of aromatic nitrogens is 2. The van der Waals surface area contributed by atoms with Crippen LogP contribution in [0, 0.1) is 0 Å². The minimum Gasteiger partial charge on any atom is -0.497 e. The van der Waals surface area contributed by atoms with Gasteiger partial charge in [0.2, 0.25) is 0 Å². The molecule has 0 N–H and O–H groups in total. The van der Waals surface area contributed by atoms with Crippen molar-refractivity contribution in [3.8, 4) is 11.5 Å². The maximum absolute atomic E-state index is 6.14. The molecule has 3 rings (SSSR count). The minimum atomic E-state index is 0.702. The van der Waals surface area contributed by atoms with E-state index < -0.39 is 0 Å². The monoisotopic (exact) mass is 384 g/mol. The van der Waals surface area contributed by atoms with Crippen LogP contribution in [0.15, 0.2) is 42.0 Å². The van der Waals surface area contributed by atoms with Crippen LogP contribution >= 0.6 is 0 Å². The molecule has 1 aliphatic heterocycles. The first-order chi connectivity index (χ1) is 13.8. The van der Waals surface area contributed by atoms with Crippen molar-refractivity contribution >= 4 is 5.84 Å². The van der Waals surface area contributed by atoms with Gasteiger partial charge in [-0.2, -0.15) is 5.10 Å². The zero-order chi connectivity index (χ0) is 19.6. The number of imidazole rings is 1. The number of nitrogens with zero attached hydrogens (tertiary/aromatic N) is 4. The normalized spacial score (nSPS) is 15.4. The van der Waals surface area contributed by atoms with Crippen LogP contribution in [0.5, 0.6) is 11.5 Å². The lowest BCUT2D eigenvalue weighted by Gasteiger charge is -2.20. The summed E-state index contributed by atoms with van der Waals surface area (Å²) in [5.74, 6) is 2.45. The van der Waals surface area contributed by atoms with Crippen LogP contribution in [0.2, 0.25) is 0 Å². The molecule has 0 amide bonds. The van der Waals surface area contributed by atoms with Gasteiger partial charge in [-0.1, -0.05) is 32.6 Å². The van der Waals surface area contributed by atoms with Gasteiger partial charge >= 0.3 is 0 Å². The van der Waals surface area contributed by atoms with E-state index in [4.69, 9.17) is 14.6 Å². The molecule has 0 aliphatic carbocycles. The Balaban J connectivity index is 1.95. The average molecular weight is 385 g/mol. The lowest BCUT2D eigenvalue weighted by atomic mass is 10.1. The Morgan fingerprint density at radius 3 is 2.64 bits per heavy atom. The number of hydrogen-bond donors (Lipinski definition) is 0. The molecule has 6 heteroatoms. The number of ether oxygens (including phenoxy) is 2. The van der Waals surface area contributed by atoms with Gasteiger partial charge in [-0.05, 0) is 37.5 Å². The number of methoxy groups -OCH3 is 1. The van der Waals surface area contributed by atoms with Gasteiger partial charge in [0.1, 0.15) is 17.8 Å². The summed E-state index contributed by atoms with van der Waals surface area (Å²) in [4.78, 5) is 4.23. The minimum absolute atomic E-state index is 0.702. The number of hydrazone groups is 1. The third-order valence-corrected chi connectivity index (χ3v) is 5.00. The molecule has 152 valence electrons. The van der Waals surface area contributed by atoms with Crippen LogP contribution in [0.25, 0.3) is 0 Å². The average Bonchev–Trinajstić information content (AvgIpc) is 3.13. The molecule has 2 heterocycles. The van der Waals surface area contributed by atoms with Crippen LogP contribution < -0.4 is 9.47 Å². The molecule has 1 aliphatic rings. The van der Waals surface area contributed by atoms with Gasteiger partial charge in [0.15, 0.2) is 5.84 Å². The molecule has 0 saturated carbocycles. The standard InChI is InChI=1S/C22H32N4O2/c1-3-4-9-16-28-21-11-10-19(27-2)17-20(21)22(25-15-12-23-18-25)24-26-13-7-5-6-8-14-26/h10-12,15,17-18H,3-9,13-14,16H2,1-2H3. The van der Waals surface area contributed by atoms with Gasteiger partial charge in [-0.15, -0.1) is 0 Å². The topological polar surface area (TPSA) is 51.9 Å².